The fraction of sp³-hybridized carbons (Fsp3) is 0.417. The molecule has 1 aromatic carbocycles. The molecule has 1 unspecified atom stereocenters. The zero-order valence-electron chi connectivity index (χ0n) is 8.87. The number of carbonyl (C=O) groups is 1. The van der Waals surface area contributed by atoms with Gasteiger partial charge in [0.15, 0.2) is 5.78 Å². The summed E-state index contributed by atoms with van der Waals surface area (Å²) in [5.74, 6) is -0.131. The predicted molar refractivity (Wildman–Crippen MR) is 56.3 cm³/mol. The highest BCUT2D eigenvalue weighted by molar-refractivity contribution is 5.84. The molecule has 76 valence electrons. The minimum Gasteiger partial charge on any atom is -0.386 e. The van der Waals surface area contributed by atoms with Crippen LogP contribution in [0.1, 0.15) is 23.6 Å². The lowest BCUT2D eigenvalue weighted by atomic mass is 10.0. The van der Waals surface area contributed by atoms with Gasteiger partial charge in [-0.05, 0) is 37.5 Å². The summed E-state index contributed by atoms with van der Waals surface area (Å²) in [5, 5.41) is 9.06. The first-order chi connectivity index (χ1) is 6.50. The van der Waals surface area contributed by atoms with E-state index in [2.05, 4.69) is 0 Å². The summed E-state index contributed by atoms with van der Waals surface area (Å²) in [7, 11) is 0. The quantitative estimate of drug-likeness (QED) is 0.792. The molecule has 0 radical (unpaired) electrons. The van der Waals surface area contributed by atoms with E-state index >= 15 is 0 Å². The molecule has 0 amide bonds. The van der Waals surface area contributed by atoms with Gasteiger partial charge in [0.05, 0.1) is 0 Å². The number of benzene rings is 1. The first kappa shape index (κ1) is 10.9. The molecule has 0 bridgehead atoms. The lowest BCUT2D eigenvalue weighted by molar-refractivity contribution is -0.125. The number of carbonyl (C=O) groups excluding carboxylic acids is 1. The van der Waals surface area contributed by atoms with Gasteiger partial charge in [0.1, 0.15) is 6.10 Å². The van der Waals surface area contributed by atoms with Crippen LogP contribution in [0.15, 0.2) is 18.2 Å². The molecule has 1 atom stereocenters. The van der Waals surface area contributed by atoms with E-state index in [-0.39, 0.29) is 5.78 Å². The van der Waals surface area contributed by atoms with Crippen molar-refractivity contribution < 1.29 is 9.90 Å². The summed E-state index contributed by atoms with van der Waals surface area (Å²) in [6, 6.07) is 5.93. The molecule has 2 nitrogen and oxygen atoms in total. The van der Waals surface area contributed by atoms with E-state index in [1.807, 2.05) is 32.0 Å². The molecule has 1 N–H and O–H groups in total. The normalized spacial score (nSPS) is 12.6. The fourth-order valence-corrected chi connectivity index (χ4v) is 1.26. The van der Waals surface area contributed by atoms with Crippen LogP contribution < -0.4 is 0 Å². The Hall–Kier alpha value is -1.15. The first-order valence-electron chi connectivity index (χ1n) is 4.77. The van der Waals surface area contributed by atoms with Crippen LogP contribution in [-0.2, 0) is 11.2 Å². The molecule has 0 aliphatic rings. The van der Waals surface area contributed by atoms with Gasteiger partial charge in [0, 0.05) is 6.42 Å². The van der Waals surface area contributed by atoms with Gasteiger partial charge in [-0.15, -0.1) is 0 Å². The van der Waals surface area contributed by atoms with E-state index in [1.54, 1.807) is 0 Å². The molecule has 1 aromatic rings. The number of aliphatic hydroxyl groups excluding tert-OH is 1. The average Bonchev–Trinajstić information content (AvgIpc) is 2.11. The number of rotatable bonds is 3. The summed E-state index contributed by atoms with van der Waals surface area (Å²) >= 11 is 0. The van der Waals surface area contributed by atoms with Crippen molar-refractivity contribution in [2.75, 3.05) is 0 Å². The fourth-order valence-electron chi connectivity index (χ4n) is 1.26. The van der Waals surface area contributed by atoms with Crippen molar-refractivity contribution >= 4 is 5.78 Å². The number of hydrogen-bond acceptors (Lipinski definition) is 2. The van der Waals surface area contributed by atoms with E-state index in [0.717, 1.165) is 5.56 Å². The Morgan fingerprint density at radius 3 is 2.50 bits per heavy atom. The average molecular weight is 192 g/mol. The van der Waals surface area contributed by atoms with Gasteiger partial charge in [0.2, 0.25) is 0 Å². The van der Waals surface area contributed by atoms with Crippen molar-refractivity contribution in [2.45, 2.75) is 33.3 Å². The third kappa shape index (κ3) is 2.67. The van der Waals surface area contributed by atoms with Crippen LogP contribution in [-0.4, -0.2) is 17.0 Å². The van der Waals surface area contributed by atoms with E-state index in [9.17, 15) is 4.79 Å². The molecule has 0 fully saturated rings. The van der Waals surface area contributed by atoms with Crippen LogP contribution in [0, 0.1) is 13.8 Å². The van der Waals surface area contributed by atoms with Crippen molar-refractivity contribution in [3.63, 3.8) is 0 Å². The maximum Gasteiger partial charge on any atom is 0.165 e. The summed E-state index contributed by atoms with van der Waals surface area (Å²) < 4.78 is 0. The van der Waals surface area contributed by atoms with Gasteiger partial charge in [-0.25, -0.2) is 0 Å². The molecule has 0 saturated heterocycles. The highest BCUT2D eigenvalue weighted by Crippen LogP contribution is 2.11. The van der Waals surface area contributed by atoms with Crippen molar-refractivity contribution in [3.05, 3.63) is 34.9 Å². The molecule has 0 aliphatic carbocycles. The monoisotopic (exact) mass is 192 g/mol. The number of ketones is 1. The number of Topliss-reactive ketones (excluding diaryl/α,β-unsaturated/α-hetero) is 1. The van der Waals surface area contributed by atoms with Crippen molar-refractivity contribution in [3.8, 4) is 0 Å². The second kappa shape index (κ2) is 4.38. The molecule has 0 heterocycles. The second-order valence-electron chi connectivity index (χ2n) is 3.74. The summed E-state index contributed by atoms with van der Waals surface area (Å²) in [6.07, 6.45) is -0.546. The number of aliphatic hydroxyl groups is 1. The molecule has 2 heteroatoms. The molecule has 14 heavy (non-hydrogen) atoms. The Bertz CT molecular complexity index is 340. The Kier molecular flexibility index (Phi) is 3.42. The highest BCUT2D eigenvalue weighted by atomic mass is 16.3. The van der Waals surface area contributed by atoms with E-state index in [0.29, 0.717) is 6.42 Å². The zero-order valence-corrected chi connectivity index (χ0v) is 8.87. The number of aryl methyl sites for hydroxylation is 2. The van der Waals surface area contributed by atoms with Crippen molar-refractivity contribution in [2.24, 2.45) is 0 Å². The van der Waals surface area contributed by atoms with Crippen LogP contribution in [0.25, 0.3) is 0 Å². The Morgan fingerprint density at radius 2 is 2.00 bits per heavy atom. The summed E-state index contributed by atoms with van der Waals surface area (Å²) in [6.45, 7) is 5.56. The minimum absolute atomic E-state index is 0.131. The maximum atomic E-state index is 11.3. The van der Waals surface area contributed by atoms with Crippen LogP contribution in [0.2, 0.25) is 0 Å². The van der Waals surface area contributed by atoms with Gasteiger partial charge in [0.25, 0.3) is 0 Å². The Morgan fingerprint density at radius 1 is 1.36 bits per heavy atom. The second-order valence-corrected chi connectivity index (χ2v) is 3.74. The van der Waals surface area contributed by atoms with Gasteiger partial charge in [-0.2, -0.15) is 0 Å². The third-order valence-corrected chi connectivity index (χ3v) is 2.42. The third-order valence-electron chi connectivity index (χ3n) is 2.42. The molecule has 0 aliphatic heterocycles. The van der Waals surface area contributed by atoms with Crippen LogP contribution in [0.3, 0.4) is 0 Å². The first-order valence-corrected chi connectivity index (χ1v) is 4.77. The molecule has 0 saturated carbocycles. The SMILES string of the molecule is Cc1ccc(CC(=O)C(C)O)cc1C. The molecule has 1 rings (SSSR count). The summed E-state index contributed by atoms with van der Waals surface area (Å²) in [5.41, 5.74) is 3.37. The van der Waals surface area contributed by atoms with Gasteiger partial charge >= 0.3 is 0 Å². The van der Waals surface area contributed by atoms with Crippen molar-refractivity contribution in [1.82, 2.24) is 0 Å². The molecular formula is C12H16O2. The van der Waals surface area contributed by atoms with Crippen LogP contribution >= 0.6 is 0 Å². The van der Waals surface area contributed by atoms with Crippen LogP contribution in [0.5, 0.6) is 0 Å². The van der Waals surface area contributed by atoms with Gasteiger partial charge in [-0.3, -0.25) is 4.79 Å². The van der Waals surface area contributed by atoms with E-state index in [1.165, 1.54) is 18.1 Å². The van der Waals surface area contributed by atoms with Crippen LogP contribution in [0.4, 0.5) is 0 Å². The van der Waals surface area contributed by atoms with Gasteiger partial charge in [-0.1, -0.05) is 18.2 Å². The zero-order chi connectivity index (χ0) is 10.7. The van der Waals surface area contributed by atoms with Crippen molar-refractivity contribution in [1.29, 1.82) is 0 Å². The maximum absolute atomic E-state index is 11.3. The smallest absolute Gasteiger partial charge is 0.165 e. The van der Waals surface area contributed by atoms with E-state index < -0.39 is 6.10 Å². The highest BCUT2D eigenvalue weighted by Gasteiger charge is 2.09. The lowest BCUT2D eigenvalue weighted by Gasteiger charge is -2.06. The topological polar surface area (TPSA) is 37.3 Å². The van der Waals surface area contributed by atoms with Gasteiger partial charge < -0.3 is 5.11 Å². The predicted octanol–water partition coefficient (Wildman–Crippen LogP) is 1.80. The summed E-state index contributed by atoms with van der Waals surface area (Å²) in [4.78, 5) is 11.3. The Labute approximate surface area is 84.6 Å². The number of hydrogen-bond donors (Lipinski definition) is 1. The lowest BCUT2D eigenvalue weighted by Crippen LogP contribution is -2.18. The molecule has 0 spiro atoms. The largest absolute Gasteiger partial charge is 0.386 e. The Balaban J connectivity index is 2.78. The minimum atomic E-state index is -0.864. The standard InChI is InChI=1S/C12H16O2/c1-8-4-5-11(6-9(8)2)7-12(14)10(3)13/h4-6,10,13H,7H2,1-3H3. The molecule has 0 aromatic heterocycles. The molecular weight excluding hydrogens is 176 g/mol. The van der Waals surface area contributed by atoms with E-state index in [4.69, 9.17) is 5.11 Å².